The summed E-state index contributed by atoms with van der Waals surface area (Å²) in [5, 5.41) is 0.589. The maximum atomic E-state index is 12.3. The third kappa shape index (κ3) is 2.78. The number of carbonyl (C=O) groups is 1. The van der Waals surface area contributed by atoms with Gasteiger partial charge in [-0.3, -0.25) is 0 Å². The van der Waals surface area contributed by atoms with Crippen molar-refractivity contribution in [3.05, 3.63) is 59.7 Å². The zero-order valence-electron chi connectivity index (χ0n) is 12.0. The first-order valence-electron chi connectivity index (χ1n) is 6.82. The van der Waals surface area contributed by atoms with Gasteiger partial charge in [-0.25, -0.2) is 0 Å². The Labute approximate surface area is 130 Å². The van der Waals surface area contributed by atoms with Crippen molar-refractivity contribution in [1.82, 2.24) is 0 Å². The fourth-order valence-corrected chi connectivity index (χ4v) is 4.12. The van der Waals surface area contributed by atoms with Crippen LogP contribution in [0, 0.1) is 13.8 Å². The van der Waals surface area contributed by atoms with E-state index in [1.165, 1.54) is 0 Å². The first-order chi connectivity index (χ1) is 10.2. The van der Waals surface area contributed by atoms with Gasteiger partial charge in [-0.1, -0.05) is 0 Å². The molecule has 0 bridgehead atoms. The molecule has 0 aromatic heterocycles. The van der Waals surface area contributed by atoms with Crippen LogP contribution in [0.4, 0.5) is 11.4 Å². The van der Waals surface area contributed by atoms with Crippen LogP contribution in [0.15, 0.2) is 53.5 Å². The third-order valence-corrected chi connectivity index (χ3v) is 5.39. The molecule has 0 N–H and O–H groups in total. The first kappa shape index (κ1) is 14.1. The van der Waals surface area contributed by atoms with E-state index in [1.807, 2.05) is 62.4 Å². The Balaban J connectivity index is 2.05. The van der Waals surface area contributed by atoms with Gasteiger partial charge in [0.05, 0.1) is 0 Å². The van der Waals surface area contributed by atoms with Crippen molar-refractivity contribution >= 4 is 37.0 Å². The summed E-state index contributed by atoms with van der Waals surface area (Å²) in [5.41, 5.74) is 4.13. The Morgan fingerprint density at radius 3 is 2.38 bits per heavy atom. The molecule has 0 radical (unpaired) electrons. The molecule has 2 aromatic carbocycles. The average Bonchev–Trinajstić information content (AvgIpc) is 2.83. The molecule has 0 unspecified atom stereocenters. The van der Waals surface area contributed by atoms with Crippen LogP contribution in [-0.4, -0.2) is 25.6 Å². The summed E-state index contributed by atoms with van der Waals surface area (Å²) in [5.74, 6) is 0.150. The number of carbonyl (C=O) groups excluding carboxylic acids is 1. The second-order valence-corrected chi connectivity index (χ2v) is 6.96. The summed E-state index contributed by atoms with van der Waals surface area (Å²) >= 11 is 0.0989. The van der Waals surface area contributed by atoms with Crippen LogP contribution in [0.5, 0.6) is 0 Å². The van der Waals surface area contributed by atoms with E-state index in [0.717, 1.165) is 27.2 Å². The molecule has 0 saturated carbocycles. The summed E-state index contributed by atoms with van der Waals surface area (Å²) < 4.78 is 0.899. The fourth-order valence-electron chi connectivity index (χ4n) is 2.29. The van der Waals surface area contributed by atoms with Crippen molar-refractivity contribution < 1.29 is 4.79 Å². The Morgan fingerprint density at radius 2 is 1.67 bits per heavy atom. The molecule has 1 amide bonds. The van der Waals surface area contributed by atoms with Gasteiger partial charge in [0.15, 0.2) is 0 Å². The number of aliphatic imine (C=N–C) groups is 1. The Kier molecular flexibility index (Phi) is 3.91. The second-order valence-electron chi connectivity index (χ2n) is 4.99. The molecular weight excluding hydrogens is 327 g/mol. The molecular formula is C17H16N2OSe. The predicted octanol–water partition coefficient (Wildman–Crippen LogP) is 3.46. The number of hydrogen-bond acceptors (Lipinski definition) is 2. The van der Waals surface area contributed by atoms with E-state index in [9.17, 15) is 4.79 Å². The maximum absolute atomic E-state index is 12.3. The van der Waals surface area contributed by atoms with Gasteiger partial charge >= 0.3 is 130 Å². The van der Waals surface area contributed by atoms with Crippen LogP contribution in [0.3, 0.4) is 0 Å². The van der Waals surface area contributed by atoms with E-state index in [0.29, 0.717) is 5.32 Å². The molecule has 3 rings (SSSR count). The Bertz CT molecular complexity index is 724. The zero-order valence-corrected chi connectivity index (χ0v) is 13.7. The summed E-state index contributed by atoms with van der Waals surface area (Å²) in [6.45, 7) is 4.07. The molecule has 0 aliphatic carbocycles. The topological polar surface area (TPSA) is 32.7 Å². The van der Waals surface area contributed by atoms with Crippen molar-refractivity contribution in [3.63, 3.8) is 0 Å². The number of nitrogens with zero attached hydrogens (tertiary/aromatic N) is 2. The molecule has 1 saturated heterocycles. The molecule has 3 nitrogen and oxygen atoms in total. The molecule has 1 heterocycles. The van der Waals surface area contributed by atoms with Gasteiger partial charge < -0.3 is 0 Å². The molecule has 1 fully saturated rings. The van der Waals surface area contributed by atoms with E-state index in [-0.39, 0.29) is 20.9 Å². The number of hydrogen-bond donors (Lipinski definition) is 0. The molecule has 0 atom stereocenters. The van der Waals surface area contributed by atoms with Gasteiger partial charge in [0.25, 0.3) is 0 Å². The van der Waals surface area contributed by atoms with Crippen LogP contribution in [-0.2, 0) is 4.79 Å². The standard InChI is InChI=1S/C17H16N2OSe/c1-12-7-3-5-9-14(12)18-17-19(16(20)11-21-17)15-10-6-4-8-13(15)2/h3-10H,11H2,1-2H3. The van der Waals surface area contributed by atoms with Gasteiger partial charge in [0.1, 0.15) is 0 Å². The summed E-state index contributed by atoms with van der Waals surface area (Å²) in [6.07, 6.45) is 0. The van der Waals surface area contributed by atoms with Crippen LogP contribution in [0.25, 0.3) is 0 Å². The van der Waals surface area contributed by atoms with Gasteiger partial charge in [0.2, 0.25) is 0 Å². The Morgan fingerprint density at radius 1 is 1.00 bits per heavy atom. The zero-order chi connectivity index (χ0) is 14.8. The number of benzene rings is 2. The normalized spacial score (nSPS) is 16.8. The van der Waals surface area contributed by atoms with E-state index in [2.05, 4.69) is 0 Å². The summed E-state index contributed by atoms with van der Waals surface area (Å²) in [6, 6.07) is 16.0. The Hall–Kier alpha value is -1.90. The summed E-state index contributed by atoms with van der Waals surface area (Å²) in [4.78, 5) is 18.8. The molecule has 2 aromatic rings. The molecule has 0 spiro atoms. The first-order valence-corrected chi connectivity index (χ1v) is 8.89. The molecule has 1 aliphatic heterocycles. The van der Waals surface area contributed by atoms with Gasteiger partial charge in [-0.05, 0) is 0 Å². The van der Waals surface area contributed by atoms with Crippen molar-refractivity contribution in [2.24, 2.45) is 4.99 Å². The number of amides is 1. The number of rotatable bonds is 2. The minimum atomic E-state index is 0.0989. The summed E-state index contributed by atoms with van der Waals surface area (Å²) in [7, 11) is 0. The van der Waals surface area contributed by atoms with Gasteiger partial charge in [-0.15, -0.1) is 0 Å². The van der Waals surface area contributed by atoms with Crippen molar-refractivity contribution in [2.75, 3.05) is 4.90 Å². The number of anilines is 1. The predicted molar refractivity (Wildman–Crippen MR) is 87.5 cm³/mol. The molecule has 106 valence electrons. The van der Waals surface area contributed by atoms with E-state index < -0.39 is 0 Å². The number of aryl methyl sites for hydroxylation is 2. The van der Waals surface area contributed by atoms with Gasteiger partial charge in [0, 0.05) is 0 Å². The van der Waals surface area contributed by atoms with Crippen molar-refractivity contribution in [3.8, 4) is 0 Å². The monoisotopic (exact) mass is 344 g/mol. The van der Waals surface area contributed by atoms with Crippen LogP contribution in [0.2, 0.25) is 5.32 Å². The van der Waals surface area contributed by atoms with Crippen molar-refractivity contribution in [2.45, 2.75) is 19.2 Å². The van der Waals surface area contributed by atoms with Crippen LogP contribution < -0.4 is 4.90 Å². The van der Waals surface area contributed by atoms with Crippen LogP contribution in [0.1, 0.15) is 11.1 Å². The van der Waals surface area contributed by atoms with E-state index >= 15 is 0 Å². The van der Waals surface area contributed by atoms with E-state index in [1.54, 1.807) is 4.90 Å². The molecule has 21 heavy (non-hydrogen) atoms. The third-order valence-electron chi connectivity index (χ3n) is 3.45. The SMILES string of the molecule is Cc1ccccc1N=C1[Se]CC(=O)N1c1ccccc1C. The second kappa shape index (κ2) is 5.84. The number of amidine groups is 1. The van der Waals surface area contributed by atoms with Crippen molar-refractivity contribution in [1.29, 1.82) is 0 Å². The minimum absolute atomic E-state index is 0.0989. The van der Waals surface area contributed by atoms with Gasteiger partial charge in [-0.2, -0.15) is 0 Å². The van der Waals surface area contributed by atoms with E-state index in [4.69, 9.17) is 4.99 Å². The molecule has 4 heteroatoms. The van der Waals surface area contributed by atoms with Crippen LogP contribution >= 0.6 is 0 Å². The average molecular weight is 343 g/mol. The fraction of sp³-hybridized carbons (Fsp3) is 0.176. The number of para-hydroxylation sites is 2. The molecule has 1 aliphatic rings. The quantitative estimate of drug-likeness (QED) is 0.769.